The number of aromatic amines is 1. The van der Waals surface area contributed by atoms with Crippen LogP contribution in [0.15, 0.2) is 45.4 Å². The predicted molar refractivity (Wildman–Crippen MR) is 81.8 cm³/mol. The number of rotatable bonds is 6. The number of oxime groups is 1. The molecule has 4 N–H and O–H groups in total. The van der Waals surface area contributed by atoms with Gasteiger partial charge in [0.2, 0.25) is 0 Å². The molecule has 0 aliphatic rings. The van der Waals surface area contributed by atoms with Gasteiger partial charge in [0, 0.05) is 12.3 Å². The Labute approximate surface area is 125 Å². The summed E-state index contributed by atoms with van der Waals surface area (Å²) in [7, 11) is 0. The van der Waals surface area contributed by atoms with Crippen LogP contribution in [0, 0.1) is 0 Å². The van der Waals surface area contributed by atoms with Crippen molar-refractivity contribution in [1.29, 1.82) is 0 Å². The molecule has 0 saturated heterocycles. The summed E-state index contributed by atoms with van der Waals surface area (Å²) in [4.78, 5) is 11.5. The van der Waals surface area contributed by atoms with E-state index in [1.54, 1.807) is 4.57 Å². The molecule has 2 rings (SSSR count). The Hall–Kier alpha value is -2.22. The number of hydrogen-bond donors (Lipinski definition) is 3. The maximum Gasteiger partial charge on any atom is 0.343 e. The maximum atomic E-state index is 11.5. The van der Waals surface area contributed by atoms with Crippen LogP contribution in [-0.4, -0.2) is 31.6 Å². The molecule has 1 atom stereocenters. The first kappa shape index (κ1) is 15.2. The van der Waals surface area contributed by atoms with Crippen LogP contribution in [0.25, 0.3) is 0 Å². The zero-order valence-corrected chi connectivity index (χ0v) is 12.4. The lowest BCUT2D eigenvalue weighted by Crippen LogP contribution is -2.24. The third-order valence-electron chi connectivity index (χ3n) is 3.09. The fourth-order valence-corrected chi connectivity index (χ4v) is 3.11. The van der Waals surface area contributed by atoms with Gasteiger partial charge in [0.05, 0.1) is 5.92 Å². The van der Waals surface area contributed by atoms with Crippen LogP contribution in [0.1, 0.15) is 18.4 Å². The average Bonchev–Trinajstić information content (AvgIpc) is 2.88. The highest BCUT2D eigenvalue weighted by Crippen LogP contribution is 2.24. The van der Waals surface area contributed by atoms with E-state index in [1.165, 1.54) is 11.8 Å². The third kappa shape index (κ3) is 3.46. The molecule has 1 aromatic carbocycles. The molecule has 112 valence electrons. The molecular formula is C13H17N5O2S. The molecule has 1 heterocycles. The van der Waals surface area contributed by atoms with E-state index in [0.29, 0.717) is 17.5 Å². The van der Waals surface area contributed by atoms with E-state index >= 15 is 0 Å². The number of nitrogens with zero attached hydrogens (tertiary/aromatic N) is 3. The fraction of sp³-hybridized carbons (Fsp3) is 0.308. The van der Waals surface area contributed by atoms with Gasteiger partial charge in [-0.2, -0.15) is 0 Å². The summed E-state index contributed by atoms with van der Waals surface area (Å²) in [6, 6.07) is 9.53. The molecule has 0 aliphatic heterocycles. The van der Waals surface area contributed by atoms with Crippen LogP contribution >= 0.6 is 11.8 Å². The first-order valence-corrected chi connectivity index (χ1v) is 7.46. The number of nitrogens with two attached hydrogens (primary N) is 1. The first-order chi connectivity index (χ1) is 10.2. The second-order valence-electron chi connectivity index (χ2n) is 4.35. The minimum Gasteiger partial charge on any atom is -0.409 e. The Morgan fingerprint density at radius 1 is 1.52 bits per heavy atom. The Morgan fingerprint density at radius 3 is 2.86 bits per heavy atom. The zero-order chi connectivity index (χ0) is 15.2. The lowest BCUT2D eigenvalue weighted by molar-refractivity contribution is 0.316. The number of nitrogens with one attached hydrogen (secondary N) is 1. The van der Waals surface area contributed by atoms with Crippen LogP contribution in [0.5, 0.6) is 0 Å². The molecule has 2 aromatic rings. The second-order valence-corrected chi connectivity index (χ2v) is 5.34. The van der Waals surface area contributed by atoms with E-state index < -0.39 is 0 Å². The van der Waals surface area contributed by atoms with Gasteiger partial charge >= 0.3 is 5.69 Å². The van der Waals surface area contributed by atoms with Crippen molar-refractivity contribution in [2.45, 2.75) is 24.5 Å². The van der Waals surface area contributed by atoms with Crippen molar-refractivity contribution in [2.24, 2.45) is 10.9 Å². The zero-order valence-electron chi connectivity index (χ0n) is 11.6. The topological polar surface area (TPSA) is 109 Å². The van der Waals surface area contributed by atoms with Crippen molar-refractivity contribution in [3.8, 4) is 0 Å². The largest absolute Gasteiger partial charge is 0.409 e. The number of hydrogen-bond acceptors (Lipinski definition) is 5. The van der Waals surface area contributed by atoms with E-state index in [2.05, 4.69) is 15.4 Å². The lowest BCUT2D eigenvalue weighted by atomic mass is 10.0. The molecule has 8 heteroatoms. The van der Waals surface area contributed by atoms with Gasteiger partial charge in [-0.3, -0.25) is 4.57 Å². The summed E-state index contributed by atoms with van der Waals surface area (Å²) < 4.78 is 1.54. The normalized spacial score (nSPS) is 13.3. The minimum absolute atomic E-state index is 0.134. The van der Waals surface area contributed by atoms with Crippen molar-refractivity contribution < 1.29 is 5.21 Å². The van der Waals surface area contributed by atoms with Gasteiger partial charge in [-0.15, -0.1) is 5.10 Å². The molecule has 7 nitrogen and oxygen atoms in total. The monoisotopic (exact) mass is 307 g/mol. The molecule has 0 fully saturated rings. The molecule has 21 heavy (non-hydrogen) atoms. The molecule has 0 saturated carbocycles. The van der Waals surface area contributed by atoms with Crippen molar-refractivity contribution in [3.05, 3.63) is 46.4 Å². The third-order valence-corrected chi connectivity index (χ3v) is 4.16. The number of benzene rings is 1. The highest BCUT2D eigenvalue weighted by molar-refractivity contribution is 7.99. The van der Waals surface area contributed by atoms with Crippen LogP contribution < -0.4 is 11.4 Å². The Bertz CT molecular complexity index is 665. The summed E-state index contributed by atoms with van der Waals surface area (Å²) in [5, 5.41) is 19.0. The number of amidine groups is 1. The number of thioether (sulfide) groups is 1. The van der Waals surface area contributed by atoms with Gasteiger partial charge in [-0.25, -0.2) is 9.89 Å². The van der Waals surface area contributed by atoms with Crippen LogP contribution in [0.3, 0.4) is 0 Å². The molecule has 0 spiro atoms. The molecule has 1 aromatic heterocycles. The van der Waals surface area contributed by atoms with Crippen LogP contribution in [0.2, 0.25) is 0 Å². The SMILES string of the molecule is CCn1c(SCC(C(N)=NO)c2ccccc2)n[nH]c1=O. The van der Waals surface area contributed by atoms with Crippen molar-refractivity contribution in [3.63, 3.8) is 0 Å². The van der Waals surface area contributed by atoms with Gasteiger partial charge in [0.25, 0.3) is 0 Å². The summed E-state index contributed by atoms with van der Waals surface area (Å²) >= 11 is 1.39. The minimum atomic E-state index is -0.252. The standard InChI is InChI=1S/C13H17N5O2S/c1-2-18-12(19)15-16-13(18)21-8-10(11(14)17-20)9-6-4-3-5-7-9/h3-7,10,20H,2,8H2,1H3,(H2,14,17)(H,15,19). The Balaban J connectivity index is 2.19. The summed E-state index contributed by atoms with van der Waals surface area (Å²) in [5.41, 5.74) is 6.49. The van der Waals surface area contributed by atoms with Crippen LogP contribution in [0.4, 0.5) is 0 Å². The Kier molecular flexibility index (Phi) is 5.04. The van der Waals surface area contributed by atoms with Gasteiger partial charge in [0.15, 0.2) is 5.16 Å². The molecular weight excluding hydrogens is 290 g/mol. The molecule has 0 bridgehead atoms. The number of H-pyrrole nitrogens is 1. The smallest absolute Gasteiger partial charge is 0.343 e. The fourth-order valence-electron chi connectivity index (χ4n) is 1.96. The average molecular weight is 307 g/mol. The van der Waals surface area contributed by atoms with Gasteiger partial charge in [0.1, 0.15) is 5.84 Å². The Morgan fingerprint density at radius 2 is 2.24 bits per heavy atom. The highest BCUT2D eigenvalue weighted by atomic mass is 32.2. The van der Waals surface area contributed by atoms with E-state index in [-0.39, 0.29) is 17.4 Å². The van der Waals surface area contributed by atoms with Crippen molar-refractivity contribution in [1.82, 2.24) is 14.8 Å². The highest BCUT2D eigenvalue weighted by Gasteiger charge is 2.18. The summed E-state index contributed by atoms with van der Waals surface area (Å²) in [6.45, 7) is 2.41. The molecule has 0 aliphatic carbocycles. The van der Waals surface area contributed by atoms with E-state index in [9.17, 15) is 4.79 Å². The van der Waals surface area contributed by atoms with Gasteiger partial charge in [-0.1, -0.05) is 47.2 Å². The number of aromatic nitrogens is 3. The van der Waals surface area contributed by atoms with Crippen molar-refractivity contribution >= 4 is 17.6 Å². The van der Waals surface area contributed by atoms with E-state index in [0.717, 1.165) is 5.56 Å². The lowest BCUT2D eigenvalue weighted by Gasteiger charge is -2.15. The van der Waals surface area contributed by atoms with Crippen LogP contribution in [-0.2, 0) is 6.54 Å². The second kappa shape index (κ2) is 6.98. The van der Waals surface area contributed by atoms with Gasteiger partial charge < -0.3 is 10.9 Å². The maximum absolute atomic E-state index is 11.5. The first-order valence-electron chi connectivity index (χ1n) is 6.47. The van der Waals surface area contributed by atoms with E-state index in [4.69, 9.17) is 10.9 Å². The van der Waals surface area contributed by atoms with E-state index in [1.807, 2.05) is 37.3 Å². The summed E-state index contributed by atoms with van der Waals surface area (Å²) in [5.74, 6) is 0.400. The van der Waals surface area contributed by atoms with Gasteiger partial charge in [-0.05, 0) is 12.5 Å². The summed E-state index contributed by atoms with van der Waals surface area (Å²) in [6.07, 6.45) is 0. The predicted octanol–water partition coefficient (Wildman–Crippen LogP) is 1.21. The molecule has 1 unspecified atom stereocenters. The quantitative estimate of drug-likeness (QED) is 0.244. The molecule has 0 radical (unpaired) electrons. The van der Waals surface area contributed by atoms with Crippen molar-refractivity contribution in [2.75, 3.05) is 5.75 Å². The molecule has 0 amide bonds.